The Labute approximate surface area is 176 Å². The molecule has 1 saturated heterocycles. The number of piperazine rings is 1. The Hall–Kier alpha value is -2.18. The van der Waals surface area contributed by atoms with Crippen LogP contribution in [-0.2, 0) is 6.54 Å². The van der Waals surface area contributed by atoms with Gasteiger partial charge in [-0.15, -0.1) is 11.3 Å². The molecule has 0 atom stereocenters. The minimum Gasteiger partial charge on any atom is -0.364 e. The van der Waals surface area contributed by atoms with Crippen molar-refractivity contribution in [3.63, 3.8) is 0 Å². The lowest BCUT2D eigenvalue weighted by atomic mass is 9.94. The topological polar surface area (TPSA) is 44.3 Å². The third-order valence-corrected chi connectivity index (χ3v) is 7.17. The van der Waals surface area contributed by atoms with E-state index in [1.165, 1.54) is 37.0 Å². The number of hydrogen-bond acceptors (Lipinski definition) is 6. The predicted octanol–water partition coefficient (Wildman–Crippen LogP) is 4.76. The average molecular weight is 408 g/mol. The van der Waals surface area contributed by atoms with Crippen LogP contribution >= 0.6 is 11.3 Å². The SMILES string of the molecule is c1csc(CNc2nc(N3CCN(C4CCCCC4)CC3)nc3ccccc23)c1. The van der Waals surface area contributed by atoms with Gasteiger partial charge in [-0.25, -0.2) is 4.98 Å². The second-order valence-electron chi connectivity index (χ2n) is 8.14. The van der Waals surface area contributed by atoms with Crippen molar-refractivity contribution in [2.75, 3.05) is 36.4 Å². The van der Waals surface area contributed by atoms with Gasteiger partial charge in [-0.1, -0.05) is 37.5 Å². The fourth-order valence-corrected chi connectivity index (χ4v) is 5.30. The van der Waals surface area contributed by atoms with Crippen LogP contribution in [0.3, 0.4) is 0 Å². The van der Waals surface area contributed by atoms with Gasteiger partial charge in [0.2, 0.25) is 5.95 Å². The van der Waals surface area contributed by atoms with E-state index in [1.54, 1.807) is 11.3 Å². The number of nitrogens with zero attached hydrogens (tertiary/aromatic N) is 4. The van der Waals surface area contributed by atoms with E-state index in [4.69, 9.17) is 9.97 Å². The number of thiophene rings is 1. The molecule has 1 aliphatic carbocycles. The summed E-state index contributed by atoms with van der Waals surface area (Å²) in [5.41, 5.74) is 1.01. The molecule has 0 amide bonds. The average Bonchev–Trinajstić information content (AvgIpc) is 3.32. The van der Waals surface area contributed by atoms with Gasteiger partial charge >= 0.3 is 0 Å². The molecule has 152 valence electrons. The molecule has 2 aliphatic rings. The molecule has 2 fully saturated rings. The fraction of sp³-hybridized carbons (Fsp3) is 0.478. The molecule has 29 heavy (non-hydrogen) atoms. The second kappa shape index (κ2) is 8.67. The summed E-state index contributed by atoms with van der Waals surface area (Å²) < 4.78 is 0. The molecular formula is C23H29N5S. The molecule has 1 saturated carbocycles. The summed E-state index contributed by atoms with van der Waals surface area (Å²) in [6, 6.07) is 13.4. The molecule has 0 unspecified atom stereocenters. The normalized spacial score (nSPS) is 19.0. The van der Waals surface area contributed by atoms with Crippen molar-refractivity contribution in [2.45, 2.75) is 44.7 Å². The molecule has 6 heteroatoms. The number of anilines is 2. The number of para-hydroxylation sites is 1. The summed E-state index contributed by atoms with van der Waals surface area (Å²) in [7, 11) is 0. The zero-order valence-corrected chi connectivity index (χ0v) is 17.7. The molecule has 5 nitrogen and oxygen atoms in total. The second-order valence-corrected chi connectivity index (χ2v) is 9.17. The minimum absolute atomic E-state index is 0.798. The van der Waals surface area contributed by atoms with Crippen LogP contribution in [0.25, 0.3) is 10.9 Å². The molecule has 1 N–H and O–H groups in total. The van der Waals surface area contributed by atoms with Crippen molar-refractivity contribution in [2.24, 2.45) is 0 Å². The van der Waals surface area contributed by atoms with E-state index < -0.39 is 0 Å². The summed E-state index contributed by atoms with van der Waals surface area (Å²) in [5, 5.41) is 6.76. The van der Waals surface area contributed by atoms with Gasteiger partial charge in [-0.05, 0) is 36.4 Å². The van der Waals surface area contributed by atoms with Crippen molar-refractivity contribution < 1.29 is 0 Å². The highest BCUT2D eigenvalue weighted by molar-refractivity contribution is 7.09. The monoisotopic (exact) mass is 407 g/mol. The first kappa shape index (κ1) is 18.8. The van der Waals surface area contributed by atoms with E-state index in [-0.39, 0.29) is 0 Å². The van der Waals surface area contributed by atoms with Gasteiger partial charge in [-0.2, -0.15) is 4.98 Å². The highest BCUT2D eigenvalue weighted by Gasteiger charge is 2.26. The maximum Gasteiger partial charge on any atom is 0.227 e. The van der Waals surface area contributed by atoms with Crippen LogP contribution < -0.4 is 10.2 Å². The molecule has 3 aromatic rings. The Balaban J connectivity index is 1.33. The molecule has 1 aliphatic heterocycles. The number of fused-ring (bicyclic) bond motifs is 1. The van der Waals surface area contributed by atoms with Crippen LogP contribution in [0.5, 0.6) is 0 Å². The maximum atomic E-state index is 4.95. The van der Waals surface area contributed by atoms with Gasteiger partial charge in [0.15, 0.2) is 0 Å². The molecule has 0 bridgehead atoms. The highest BCUT2D eigenvalue weighted by atomic mass is 32.1. The first-order valence-corrected chi connectivity index (χ1v) is 11.8. The Morgan fingerprint density at radius 2 is 1.76 bits per heavy atom. The van der Waals surface area contributed by atoms with Gasteiger partial charge in [-0.3, -0.25) is 4.90 Å². The Bertz CT molecular complexity index is 928. The van der Waals surface area contributed by atoms with Crippen molar-refractivity contribution in [1.29, 1.82) is 0 Å². The summed E-state index contributed by atoms with van der Waals surface area (Å²) >= 11 is 1.77. The first-order valence-electron chi connectivity index (χ1n) is 10.9. The summed E-state index contributed by atoms with van der Waals surface area (Å²) in [4.78, 5) is 16.2. The number of nitrogens with one attached hydrogen (secondary N) is 1. The van der Waals surface area contributed by atoms with Gasteiger partial charge in [0.1, 0.15) is 5.82 Å². The van der Waals surface area contributed by atoms with Gasteiger partial charge in [0.25, 0.3) is 0 Å². The van der Waals surface area contributed by atoms with Crippen LogP contribution in [0, 0.1) is 0 Å². The summed E-state index contributed by atoms with van der Waals surface area (Å²) in [5.74, 6) is 1.80. The van der Waals surface area contributed by atoms with Crippen LogP contribution in [-0.4, -0.2) is 47.1 Å². The molecular weight excluding hydrogens is 378 g/mol. The van der Waals surface area contributed by atoms with E-state index in [1.807, 2.05) is 0 Å². The minimum atomic E-state index is 0.798. The summed E-state index contributed by atoms with van der Waals surface area (Å²) in [6.45, 7) is 5.07. The van der Waals surface area contributed by atoms with Crippen molar-refractivity contribution in [1.82, 2.24) is 14.9 Å². The fourth-order valence-electron chi connectivity index (χ4n) is 4.66. The van der Waals surface area contributed by atoms with E-state index in [2.05, 4.69) is 56.9 Å². The quantitative estimate of drug-likeness (QED) is 0.661. The van der Waals surface area contributed by atoms with Crippen molar-refractivity contribution >= 4 is 34.0 Å². The molecule has 5 rings (SSSR count). The van der Waals surface area contributed by atoms with Gasteiger partial charge < -0.3 is 10.2 Å². The number of hydrogen-bond donors (Lipinski definition) is 1. The smallest absolute Gasteiger partial charge is 0.227 e. The van der Waals surface area contributed by atoms with E-state index >= 15 is 0 Å². The lowest BCUT2D eigenvalue weighted by molar-refractivity contribution is 0.147. The molecule has 1 aromatic carbocycles. The lowest BCUT2D eigenvalue weighted by Crippen LogP contribution is -2.51. The third kappa shape index (κ3) is 4.23. The number of benzene rings is 1. The zero-order chi connectivity index (χ0) is 19.5. The third-order valence-electron chi connectivity index (χ3n) is 6.29. The van der Waals surface area contributed by atoms with E-state index in [0.29, 0.717) is 0 Å². The molecule has 0 spiro atoms. The Morgan fingerprint density at radius 1 is 0.931 bits per heavy atom. The van der Waals surface area contributed by atoms with E-state index in [0.717, 1.165) is 61.4 Å². The van der Waals surface area contributed by atoms with Crippen molar-refractivity contribution in [3.8, 4) is 0 Å². The lowest BCUT2D eigenvalue weighted by Gasteiger charge is -2.40. The van der Waals surface area contributed by atoms with Crippen molar-refractivity contribution in [3.05, 3.63) is 46.7 Å². The van der Waals surface area contributed by atoms with Crippen LogP contribution in [0.4, 0.5) is 11.8 Å². The van der Waals surface area contributed by atoms with Crippen LogP contribution in [0.1, 0.15) is 37.0 Å². The Kier molecular flexibility index (Phi) is 5.63. The van der Waals surface area contributed by atoms with Crippen LogP contribution in [0.2, 0.25) is 0 Å². The maximum absolute atomic E-state index is 4.95. The predicted molar refractivity (Wildman–Crippen MR) is 122 cm³/mol. The standard InChI is InChI=1S/C23H29N5S/c1-2-7-18(8-3-1)27-12-14-28(15-13-27)23-25-21-11-5-4-10-20(21)22(26-23)24-17-19-9-6-16-29-19/h4-6,9-11,16,18H,1-3,7-8,12-15,17H2,(H,24,25,26). The number of rotatable bonds is 5. The highest BCUT2D eigenvalue weighted by Crippen LogP contribution is 2.27. The molecule has 2 aromatic heterocycles. The van der Waals surface area contributed by atoms with E-state index in [9.17, 15) is 0 Å². The van der Waals surface area contributed by atoms with Gasteiger partial charge in [0.05, 0.1) is 12.1 Å². The zero-order valence-electron chi connectivity index (χ0n) is 16.9. The molecule has 0 radical (unpaired) electrons. The molecule has 3 heterocycles. The van der Waals surface area contributed by atoms with Crippen LogP contribution in [0.15, 0.2) is 41.8 Å². The summed E-state index contributed by atoms with van der Waals surface area (Å²) in [6.07, 6.45) is 6.98. The Morgan fingerprint density at radius 3 is 2.55 bits per heavy atom. The number of aromatic nitrogens is 2. The first-order chi connectivity index (χ1) is 14.4. The van der Waals surface area contributed by atoms with Gasteiger partial charge in [0, 0.05) is 42.5 Å². The largest absolute Gasteiger partial charge is 0.364 e.